The zero-order valence-electron chi connectivity index (χ0n) is 11.7. The van der Waals surface area contributed by atoms with Gasteiger partial charge in [-0.05, 0) is 75.3 Å². The van der Waals surface area contributed by atoms with Crippen LogP contribution in [-0.4, -0.2) is 25.0 Å². The zero-order chi connectivity index (χ0) is 12.8. The van der Waals surface area contributed by atoms with Crippen molar-refractivity contribution < 1.29 is 4.79 Å². The molecule has 2 N–H and O–H groups in total. The molecule has 4 fully saturated rings. The van der Waals surface area contributed by atoms with Gasteiger partial charge < -0.3 is 10.6 Å². The molecule has 2 bridgehead atoms. The molecule has 0 aromatic heterocycles. The summed E-state index contributed by atoms with van der Waals surface area (Å²) in [5.74, 6) is 4.38. The molecule has 1 aliphatic heterocycles. The monoisotopic (exact) mass is 262 g/mol. The summed E-state index contributed by atoms with van der Waals surface area (Å²) in [5.41, 5.74) is 0. The molecule has 4 aliphatic rings. The molecule has 5 unspecified atom stereocenters. The third kappa shape index (κ3) is 2.01. The summed E-state index contributed by atoms with van der Waals surface area (Å²) in [6.45, 7) is 2.03. The first-order valence-electron chi connectivity index (χ1n) is 8.34. The molecule has 0 radical (unpaired) electrons. The Labute approximate surface area is 115 Å². The molecule has 3 saturated carbocycles. The number of amides is 1. The second-order valence-electron chi connectivity index (χ2n) is 7.29. The average molecular weight is 262 g/mol. The van der Waals surface area contributed by atoms with Gasteiger partial charge in [0.2, 0.25) is 5.91 Å². The normalized spacial score (nSPS) is 45.4. The van der Waals surface area contributed by atoms with Crippen LogP contribution < -0.4 is 10.6 Å². The molecule has 106 valence electrons. The minimum atomic E-state index is 0.278. The summed E-state index contributed by atoms with van der Waals surface area (Å²) in [4.78, 5) is 12.4. The third-order valence-corrected chi connectivity index (χ3v) is 6.47. The van der Waals surface area contributed by atoms with E-state index in [1.54, 1.807) is 0 Å². The zero-order valence-corrected chi connectivity index (χ0v) is 11.7. The van der Waals surface area contributed by atoms with Crippen LogP contribution >= 0.6 is 0 Å². The highest BCUT2D eigenvalue weighted by Gasteiger charge is 2.54. The van der Waals surface area contributed by atoms with Gasteiger partial charge in [-0.1, -0.05) is 6.42 Å². The van der Waals surface area contributed by atoms with Crippen LogP contribution in [-0.2, 0) is 4.79 Å². The van der Waals surface area contributed by atoms with E-state index in [9.17, 15) is 4.79 Å². The van der Waals surface area contributed by atoms with E-state index in [-0.39, 0.29) is 5.92 Å². The molecule has 4 rings (SSSR count). The Kier molecular flexibility index (Phi) is 3.06. The Morgan fingerprint density at radius 1 is 0.947 bits per heavy atom. The van der Waals surface area contributed by atoms with Crippen LogP contribution in [0.15, 0.2) is 0 Å². The lowest BCUT2D eigenvalue weighted by molar-refractivity contribution is -0.127. The predicted molar refractivity (Wildman–Crippen MR) is 74.6 cm³/mol. The number of carbonyl (C=O) groups excluding carboxylic acids is 1. The van der Waals surface area contributed by atoms with Gasteiger partial charge in [-0.25, -0.2) is 0 Å². The first kappa shape index (κ1) is 12.2. The fraction of sp³-hybridized carbons (Fsp3) is 0.938. The smallest absolute Gasteiger partial charge is 0.223 e. The van der Waals surface area contributed by atoms with Crippen LogP contribution in [0.5, 0.6) is 0 Å². The van der Waals surface area contributed by atoms with Gasteiger partial charge >= 0.3 is 0 Å². The second kappa shape index (κ2) is 4.76. The van der Waals surface area contributed by atoms with E-state index >= 15 is 0 Å². The molecular formula is C16H26N2O. The van der Waals surface area contributed by atoms with Gasteiger partial charge in [-0.15, -0.1) is 0 Å². The fourth-order valence-electron chi connectivity index (χ4n) is 5.62. The lowest BCUT2D eigenvalue weighted by Crippen LogP contribution is -2.46. The van der Waals surface area contributed by atoms with Crippen molar-refractivity contribution in [2.24, 2.45) is 29.6 Å². The predicted octanol–water partition coefficient (Wildman–Crippen LogP) is 1.93. The van der Waals surface area contributed by atoms with E-state index in [0.29, 0.717) is 11.9 Å². The Morgan fingerprint density at radius 2 is 1.74 bits per heavy atom. The Hall–Kier alpha value is -0.570. The van der Waals surface area contributed by atoms with Gasteiger partial charge in [0, 0.05) is 12.0 Å². The molecular weight excluding hydrogens is 236 g/mol. The Bertz CT molecular complexity index is 364. The number of hydrogen-bond donors (Lipinski definition) is 2. The van der Waals surface area contributed by atoms with Gasteiger partial charge in [0.15, 0.2) is 0 Å². The maximum Gasteiger partial charge on any atom is 0.223 e. The molecule has 19 heavy (non-hydrogen) atoms. The summed E-state index contributed by atoms with van der Waals surface area (Å²) in [5, 5.41) is 6.77. The lowest BCUT2D eigenvalue weighted by atomic mass is 9.79. The number of nitrogens with one attached hydrogen (secondary N) is 2. The Morgan fingerprint density at radius 3 is 2.58 bits per heavy atom. The van der Waals surface area contributed by atoms with Crippen molar-refractivity contribution in [1.82, 2.24) is 10.6 Å². The highest BCUT2D eigenvalue weighted by molar-refractivity contribution is 5.79. The minimum Gasteiger partial charge on any atom is -0.353 e. The van der Waals surface area contributed by atoms with E-state index in [2.05, 4.69) is 10.6 Å². The third-order valence-electron chi connectivity index (χ3n) is 6.47. The quantitative estimate of drug-likeness (QED) is 0.798. The summed E-state index contributed by atoms with van der Waals surface area (Å²) < 4.78 is 0. The van der Waals surface area contributed by atoms with Crippen LogP contribution in [0.3, 0.4) is 0 Å². The van der Waals surface area contributed by atoms with Gasteiger partial charge in [0.25, 0.3) is 0 Å². The van der Waals surface area contributed by atoms with Crippen LogP contribution in [0.4, 0.5) is 0 Å². The molecule has 0 spiro atoms. The van der Waals surface area contributed by atoms with Crippen molar-refractivity contribution in [3.05, 3.63) is 0 Å². The van der Waals surface area contributed by atoms with Gasteiger partial charge in [-0.2, -0.15) is 0 Å². The van der Waals surface area contributed by atoms with Crippen LogP contribution in [0.1, 0.15) is 44.9 Å². The van der Waals surface area contributed by atoms with E-state index in [1.165, 1.54) is 32.1 Å². The van der Waals surface area contributed by atoms with Crippen LogP contribution in [0.25, 0.3) is 0 Å². The second-order valence-corrected chi connectivity index (χ2v) is 7.29. The van der Waals surface area contributed by atoms with E-state index < -0.39 is 0 Å². The number of hydrogen-bond acceptors (Lipinski definition) is 2. The lowest BCUT2D eigenvalue weighted by Gasteiger charge is -2.33. The van der Waals surface area contributed by atoms with Gasteiger partial charge in [0.05, 0.1) is 0 Å². The molecule has 1 saturated heterocycles. The molecule has 0 aromatic rings. The van der Waals surface area contributed by atoms with Crippen molar-refractivity contribution in [2.45, 2.75) is 51.0 Å². The number of piperidine rings is 1. The summed E-state index contributed by atoms with van der Waals surface area (Å²) in [6.07, 6.45) is 9.09. The highest BCUT2D eigenvalue weighted by atomic mass is 16.1. The number of carbonyl (C=O) groups is 1. The van der Waals surface area contributed by atoms with Crippen molar-refractivity contribution >= 4 is 5.91 Å². The molecule has 5 atom stereocenters. The molecule has 3 aliphatic carbocycles. The number of rotatable bonds is 2. The SMILES string of the molecule is O=C(NC1CC2CC1C1CCCC21)C1CCNCC1. The maximum absolute atomic E-state index is 12.4. The molecule has 1 heterocycles. The van der Waals surface area contributed by atoms with Crippen molar-refractivity contribution in [2.75, 3.05) is 13.1 Å². The first-order valence-corrected chi connectivity index (χ1v) is 8.34. The van der Waals surface area contributed by atoms with E-state index in [1.807, 2.05) is 0 Å². The van der Waals surface area contributed by atoms with Gasteiger partial charge in [-0.3, -0.25) is 4.79 Å². The summed E-state index contributed by atoms with van der Waals surface area (Å²) in [7, 11) is 0. The van der Waals surface area contributed by atoms with Gasteiger partial charge in [0.1, 0.15) is 0 Å². The van der Waals surface area contributed by atoms with Crippen LogP contribution in [0, 0.1) is 29.6 Å². The highest BCUT2D eigenvalue weighted by Crippen LogP contribution is 2.58. The van der Waals surface area contributed by atoms with Crippen molar-refractivity contribution in [3.8, 4) is 0 Å². The number of fused-ring (bicyclic) bond motifs is 5. The molecule has 3 nitrogen and oxygen atoms in total. The van der Waals surface area contributed by atoms with E-state index in [4.69, 9.17) is 0 Å². The molecule has 1 amide bonds. The molecule has 3 heteroatoms. The standard InChI is InChI=1S/C16H26N2O/c19-16(10-4-6-17-7-5-10)18-15-9-11-8-14(15)13-3-1-2-12(11)13/h10-15,17H,1-9H2,(H,18,19). The summed E-state index contributed by atoms with van der Waals surface area (Å²) >= 11 is 0. The fourth-order valence-corrected chi connectivity index (χ4v) is 5.62. The first-order chi connectivity index (χ1) is 9.33. The Balaban J connectivity index is 1.37. The largest absolute Gasteiger partial charge is 0.353 e. The van der Waals surface area contributed by atoms with E-state index in [0.717, 1.165) is 49.6 Å². The average Bonchev–Trinajstić information content (AvgIpc) is 3.11. The topological polar surface area (TPSA) is 41.1 Å². The van der Waals surface area contributed by atoms with Crippen molar-refractivity contribution in [3.63, 3.8) is 0 Å². The minimum absolute atomic E-state index is 0.278. The summed E-state index contributed by atoms with van der Waals surface area (Å²) in [6, 6.07) is 0.520. The van der Waals surface area contributed by atoms with Crippen LogP contribution in [0.2, 0.25) is 0 Å². The maximum atomic E-state index is 12.4. The van der Waals surface area contributed by atoms with Crippen molar-refractivity contribution in [1.29, 1.82) is 0 Å². The molecule has 0 aromatic carbocycles.